The Bertz CT molecular complexity index is 899. The lowest BCUT2D eigenvalue weighted by molar-refractivity contribution is -0.139. The van der Waals surface area contributed by atoms with E-state index >= 15 is 0 Å². The number of alkyl halides is 3. The van der Waals surface area contributed by atoms with E-state index in [0.29, 0.717) is 36.3 Å². The summed E-state index contributed by atoms with van der Waals surface area (Å²) >= 11 is 0. The van der Waals surface area contributed by atoms with Gasteiger partial charge in [0.1, 0.15) is 0 Å². The lowest BCUT2D eigenvalue weighted by Gasteiger charge is -2.51. The maximum atomic E-state index is 13.7. The molecule has 2 bridgehead atoms. The van der Waals surface area contributed by atoms with Gasteiger partial charge in [-0.15, -0.1) is 0 Å². The summed E-state index contributed by atoms with van der Waals surface area (Å²) < 4.78 is 47.2. The number of likely N-dealkylation sites (tertiary alicyclic amines) is 1. The molecule has 2 N–H and O–H groups in total. The van der Waals surface area contributed by atoms with E-state index in [2.05, 4.69) is 11.8 Å². The minimum Gasteiger partial charge on any atom is -0.398 e. The molecule has 0 aromatic heterocycles. The molecule has 3 nitrogen and oxygen atoms in total. The Hall–Kier alpha value is -2.05. The Morgan fingerprint density at radius 1 is 1.20 bits per heavy atom. The molecule has 1 aliphatic heterocycles. The fourth-order valence-corrected chi connectivity index (χ4v) is 5.23. The van der Waals surface area contributed by atoms with Crippen LogP contribution in [0.15, 0.2) is 42.5 Å². The summed E-state index contributed by atoms with van der Waals surface area (Å²) in [5.41, 5.74) is 7.88. The maximum Gasteiger partial charge on any atom is 0.416 e. The Balaban J connectivity index is 1.50. The molecule has 1 heterocycles. The number of nitrogens with two attached hydrogens (primary N) is 1. The minimum absolute atomic E-state index is 0.0369. The molecule has 1 aliphatic carbocycles. The Morgan fingerprint density at radius 2 is 1.93 bits per heavy atom. The van der Waals surface area contributed by atoms with Gasteiger partial charge < -0.3 is 10.5 Å². The van der Waals surface area contributed by atoms with Crippen LogP contribution in [0.1, 0.15) is 48.9 Å². The molecular weight excluding hydrogens is 389 g/mol. The zero-order valence-electron chi connectivity index (χ0n) is 17.5. The molecule has 2 aromatic carbocycles. The molecule has 0 radical (unpaired) electrons. The molecule has 3 unspecified atom stereocenters. The number of fused-ring (bicyclic) bond motifs is 4. The van der Waals surface area contributed by atoms with Crippen LogP contribution in [-0.4, -0.2) is 30.1 Å². The summed E-state index contributed by atoms with van der Waals surface area (Å²) in [6.07, 6.45) is -2.35. The minimum atomic E-state index is -4.36. The van der Waals surface area contributed by atoms with Gasteiger partial charge in [-0.1, -0.05) is 37.3 Å². The van der Waals surface area contributed by atoms with E-state index in [1.165, 1.54) is 6.07 Å². The van der Waals surface area contributed by atoms with Crippen LogP contribution >= 0.6 is 0 Å². The van der Waals surface area contributed by atoms with Gasteiger partial charge in [0.15, 0.2) is 0 Å². The lowest BCUT2D eigenvalue weighted by atomic mass is 9.63. The van der Waals surface area contributed by atoms with Crippen molar-refractivity contribution in [2.75, 3.05) is 18.8 Å². The van der Waals surface area contributed by atoms with E-state index in [1.807, 2.05) is 37.3 Å². The fraction of sp³-hybridized carbons (Fsp3) is 0.500. The van der Waals surface area contributed by atoms with Crippen molar-refractivity contribution in [3.63, 3.8) is 0 Å². The van der Waals surface area contributed by atoms with Crippen LogP contribution < -0.4 is 5.73 Å². The van der Waals surface area contributed by atoms with E-state index in [1.54, 1.807) is 0 Å². The van der Waals surface area contributed by atoms with Crippen molar-refractivity contribution in [2.45, 2.75) is 63.5 Å². The molecule has 1 saturated heterocycles. The van der Waals surface area contributed by atoms with Crippen molar-refractivity contribution >= 4 is 5.69 Å². The van der Waals surface area contributed by atoms with Crippen molar-refractivity contribution in [2.24, 2.45) is 0 Å². The van der Waals surface area contributed by atoms with Gasteiger partial charge in [-0.25, -0.2) is 0 Å². The van der Waals surface area contributed by atoms with E-state index in [9.17, 15) is 13.2 Å². The fourth-order valence-electron chi connectivity index (χ4n) is 5.23. The highest BCUT2D eigenvalue weighted by Crippen LogP contribution is 2.50. The van der Waals surface area contributed by atoms with Crippen molar-refractivity contribution in [1.29, 1.82) is 0 Å². The van der Waals surface area contributed by atoms with Crippen molar-refractivity contribution in [3.05, 3.63) is 64.7 Å². The van der Waals surface area contributed by atoms with Gasteiger partial charge >= 0.3 is 6.18 Å². The van der Waals surface area contributed by atoms with E-state index < -0.39 is 17.2 Å². The van der Waals surface area contributed by atoms with Gasteiger partial charge in [-0.05, 0) is 67.0 Å². The normalized spacial score (nSPS) is 25.0. The third-order valence-corrected chi connectivity index (χ3v) is 6.72. The van der Waals surface area contributed by atoms with Crippen LogP contribution in [0, 0.1) is 0 Å². The van der Waals surface area contributed by atoms with Gasteiger partial charge in [0.05, 0.1) is 18.3 Å². The summed E-state index contributed by atoms with van der Waals surface area (Å²) in [5, 5.41) is 0. The lowest BCUT2D eigenvalue weighted by Crippen LogP contribution is -2.54. The Labute approximate surface area is 176 Å². The number of benzene rings is 2. The van der Waals surface area contributed by atoms with Crippen LogP contribution in [0.3, 0.4) is 0 Å². The molecule has 0 spiro atoms. The van der Waals surface area contributed by atoms with Gasteiger partial charge in [0.25, 0.3) is 0 Å². The molecule has 6 heteroatoms. The van der Waals surface area contributed by atoms with Gasteiger partial charge in [-0.3, -0.25) is 4.90 Å². The highest BCUT2D eigenvalue weighted by molar-refractivity contribution is 5.59. The average Bonchev–Trinajstić information content (AvgIpc) is 2.69. The highest BCUT2D eigenvalue weighted by Gasteiger charge is 2.48. The summed E-state index contributed by atoms with van der Waals surface area (Å²) in [7, 11) is 0. The third-order valence-electron chi connectivity index (χ3n) is 6.72. The number of piperidine rings is 1. The first kappa shape index (κ1) is 21.2. The van der Waals surface area contributed by atoms with Crippen LogP contribution in [0.25, 0.3) is 0 Å². The number of rotatable bonds is 5. The standard InChI is InChI=1S/C24H29F3N2O/c1-16(30-15-17-6-4-3-5-7-17)14-29-11-10-23(2)13-18(29)12-19-21(28)9-8-20(22(19)23)24(25,26)27/h3-9,16,18H,10-15,28H2,1-2H3. The number of anilines is 1. The van der Waals surface area contributed by atoms with Gasteiger partial charge in [-0.2, -0.15) is 13.2 Å². The summed E-state index contributed by atoms with van der Waals surface area (Å²) in [5.74, 6) is 0. The van der Waals surface area contributed by atoms with Crippen LogP contribution in [0.5, 0.6) is 0 Å². The van der Waals surface area contributed by atoms with E-state index in [4.69, 9.17) is 10.5 Å². The van der Waals surface area contributed by atoms with Crippen LogP contribution in [0.4, 0.5) is 18.9 Å². The number of halogens is 3. The first-order valence-electron chi connectivity index (χ1n) is 10.6. The van der Waals surface area contributed by atoms with Crippen molar-refractivity contribution in [3.8, 4) is 0 Å². The van der Waals surface area contributed by atoms with Crippen molar-refractivity contribution < 1.29 is 17.9 Å². The predicted molar refractivity (Wildman–Crippen MR) is 112 cm³/mol. The first-order valence-corrected chi connectivity index (χ1v) is 10.6. The second-order valence-electron chi connectivity index (χ2n) is 9.03. The zero-order valence-corrected chi connectivity index (χ0v) is 17.5. The Kier molecular flexibility index (Phi) is 5.58. The topological polar surface area (TPSA) is 38.5 Å². The molecule has 0 amide bonds. The van der Waals surface area contributed by atoms with Crippen LogP contribution in [0.2, 0.25) is 0 Å². The third kappa shape index (κ3) is 4.08. The van der Waals surface area contributed by atoms with E-state index in [-0.39, 0.29) is 12.1 Å². The quantitative estimate of drug-likeness (QED) is 0.681. The smallest absolute Gasteiger partial charge is 0.398 e. The number of ether oxygens (including phenoxy) is 1. The zero-order chi connectivity index (χ0) is 21.5. The highest BCUT2D eigenvalue weighted by atomic mass is 19.4. The number of hydrogen-bond acceptors (Lipinski definition) is 3. The number of nitrogens with zero attached hydrogens (tertiary/aromatic N) is 1. The molecule has 2 aromatic rings. The molecule has 0 saturated carbocycles. The molecule has 1 fully saturated rings. The largest absolute Gasteiger partial charge is 0.416 e. The number of nitrogen functional groups attached to an aromatic ring is 1. The van der Waals surface area contributed by atoms with Gasteiger partial charge in [0, 0.05) is 18.3 Å². The monoisotopic (exact) mass is 418 g/mol. The Morgan fingerprint density at radius 3 is 2.63 bits per heavy atom. The average molecular weight is 419 g/mol. The summed E-state index contributed by atoms with van der Waals surface area (Å²) in [6, 6.07) is 12.8. The molecule has 3 atom stereocenters. The predicted octanol–water partition coefficient (Wildman–Crippen LogP) is 5.17. The SMILES string of the molecule is CC(CN1CCC2(C)CC1Cc1c(N)ccc(C(F)(F)F)c12)OCc1ccccc1. The van der Waals surface area contributed by atoms with Crippen molar-refractivity contribution in [1.82, 2.24) is 4.90 Å². The molecule has 30 heavy (non-hydrogen) atoms. The number of hydrogen-bond donors (Lipinski definition) is 1. The second kappa shape index (κ2) is 7.89. The van der Waals surface area contributed by atoms with E-state index in [0.717, 1.165) is 31.1 Å². The summed E-state index contributed by atoms with van der Waals surface area (Å²) in [6.45, 7) is 6.12. The molecule has 2 aliphatic rings. The first-order chi connectivity index (χ1) is 14.2. The van der Waals surface area contributed by atoms with Gasteiger partial charge in [0.2, 0.25) is 0 Å². The molecule has 162 valence electrons. The molecule has 4 rings (SSSR count). The van der Waals surface area contributed by atoms with Crippen LogP contribution in [-0.2, 0) is 29.4 Å². The summed E-state index contributed by atoms with van der Waals surface area (Å²) in [4.78, 5) is 2.38. The second-order valence-corrected chi connectivity index (χ2v) is 9.03. The maximum absolute atomic E-state index is 13.7. The molecular formula is C24H29F3N2O.